The van der Waals surface area contributed by atoms with Crippen molar-refractivity contribution in [2.45, 2.75) is 38.6 Å². The van der Waals surface area contributed by atoms with E-state index in [1.54, 1.807) is 30.0 Å². The molecule has 1 aliphatic carbocycles. The minimum Gasteiger partial charge on any atom is -0.504 e. The van der Waals surface area contributed by atoms with Gasteiger partial charge >= 0.3 is 5.97 Å². The van der Waals surface area contributed by atoms with Gasteiger partial charge in [0, 0.05) is 11.7 Å². The second-order valence-electron chi connectivity index (χ2n) is 6.55. The van der Waals surface area contributed by atoms with Crippen LogP contribution >= 0.6 is 0 Å². The van der Waals surface area contributed by atoms with Crippen LogP contribution in [0, 0.1) is 0 Å². The molecular weight excluding hydrogens is 334 g/mol. The minimum absolute atomic E-state index is 0.0138. The number of carbonyl (C=O) groups excluding carboxylic acids is 2. The molecule has 6 nitrogen and oxygen atoms in total. The Kier molecular flexibility index (Phi) is 5.02. The summed E-state index contributed by atoms with van der Waals surface area (Å²) < 4.78 is 10.0. The lowest BCUT2D eigenvalue weighted by molar-refractivity contribution is -0.136. The van der Waals surface area contributed by atoms with Crippen LogP contribution in [-0.2, 0) is 14.3 Å². The van der Waals surface area contributed by atoms with Crippen LogP contribution in [0.25, 0.3) is 6.08 Å². The number of allylic oxidation sites excluding steroid dienone is 1. The lowest BCUT2D eigenvalue weighted by atomic mass is 10.0. The highest BCUT2D eigenvalue weighted by Crippen LogP contribution is 2.38. The molecule has 1 heterocycles. The molecule has 138 valence electrons. The van der Waals surface area contributed by atoms with Crippen molar-refractivity contribution in [3.05, 3.63) is 40.6 Å². The molecule has 2 aliphatic rings. The first-order valence-corrected chi connectivity index (χ1v) is 8.69. The Bertz CT molecular complexity index is 802. The van der Waals surface area contributed by atoms with E-state index in [2.05, 4.69) is 0 Å². The lowest BCUT2D eigenvalue weighted by Gasteiger charge is -2.25. The third-order valence-electron chi connectivity index (χ3n) is 5.04. The van der Waals surface area contributed by atoms with Crippen LogP contribution in [0.15, 0.2) is 35.0 Å². The van der Waals surface area contributed by atoms with E-state index in [1.165, 1.54) is 20.3 Å². The van der Waals surface area contributed by atoms with Crippen LogP contribution in [0.4, 0.5) is 0 Å². The van der Waals surface area contributed by atoms with Gasteiger partial charge in [-0.1, -0.05) is 18.9 Å². The second kappa shape index (κ2) is 7.23. The van der Waals surface area contributed by atoms with Gasteiger partial charge in [-0.2, -0.15) is 0 Å². The topological polar surface area (TPSA) is 76.1 Å². The highest BCUT2D eigenvalue weighted by molar-refractivity contribution is 6.16. The number of ether oxygens (including phenoxy) is 2. The first-order chi connectivity index (χ1) is 12.5. The van der Waals surface area contributed by atoms with Crippen LogP contribution < -0.4 is 4.74 Å². The van der Waals surface area contributed by atoms with Crippen molar-refractivity contribution in [1.29, 1.82) is 0 Å². The number of aromatic hydroxyl groups is 1. The Morgan fingerprint density at radius 2 is 1.96 bits per heavy atom. The van der Waals surface area contributed by atoms with Gasteiger partial charge in [-0.15, -0.1) is 0 Å². The Morgan fingerprint density at radius 1 is 1.27 bits per heavy atom. The van der Waals surface area contributed by atoms with Crippen molar-refractivity contribution >= 4 is 18.0 Å². The molecule has 0 unspecified atom stereocenters. The van der Waals surface area contributed by atoms with Crippen molar-refractivity contribution in [3.63, 3.8) is 0 Å². The molecule has 1 aliphatic heterocycles. The molecule has 1 fully saturated rings. The SMILES string of the molecule is COC(=O)C1=C(C)N(C2CCCC2)C(=O)/C1=C\c1ccc(O)c(OC)c1. The van der Waals surface area contributed by atoms with E-state index in [0.29, 0.717) is 28.2 Å². The standard InChI is InChI=1S/C20H23NO5/c1-12-18(20(24)26-3)15(19(23)21(12)14-6-4-5-7-14)10-13-8-9-16(22)17(11-13)25-2/h8-11,14,22H,4-7H2,1-3H3/b15-10-. The van der Waals surface area contributed by atoms with Gasteiger partial charge in [0.1, 0.15) is 0 Å². The Balaban J connectivity index is 2.06. The summed E-state index contributed by atoms with van der Waals surface area (Å²) in [5, 5.41) is 9.75. The van der Waals surface area contributed by atoms with Crippen LogP contribution in [0.2, 0.25) is 0 Å². The number of amides is 1. The lowest BCUT2D eigenvalue weighted by Crippen LogP contribution is -2.34. The smallest absolute Gasteiger partial charge is 0.340 e. The molecule has 1 aromatic rings. The van der Waals surface area contributed by atoms with E-state index in [-0.39, 0.29) is 17.7 Å². The minimum atomic E-state index is -0.520. The average molecular weight is 357 g/mol. The van der Waals surface area contributed by atoms with Gasteiger partial charge in [-0.3, -0.25) is 4.79 Å². The first kappa shape index (κ1) is 18.0. The molecule has 0 saturated heterocycles. The van der Waals surface area contributed by atoms with Crippen molar-refractivity contribution in [3.8, 4) is 11.5 Å². The molecule has 0 bridgehead atoms. The molecule has 3 rings (SSSR count). The second-order valence-corrected chi connectivity index (χ2v) is 6.55. The summed E-state index contributed by atoms with van der Waals surface area (Å²) >= 11 is 0. The van der Waals surface area contributed by atoms with Crippen molar-refractivity contribution in [2.24, 2.45) is 0 Å². The van der Waals surface area contributed by atoms with Gasteiger partial charge in [0.05, 0.1) is 25.4 Å². The fraction of sp³-hybridized carbons (Fsp3) is 0.400. The van der Waals surface area contributed by atoms with E-state index < -0.39 is 5.97 Å². The van der Waals surface area contributed by atoms with Gasteiger partial charge in [0.25, 0.3) is 5.91 Å². The molecule has 0 spiro atoms. The number of hydrogen-bond acceptors (Lipinski definition) is 5. The number of carbonyl (C=O) groups is 2. The highest BCUT2D eigenvalue weighted by atomic mass is 16.5. The zero-order chi connectivity index (χ0) is 18.8. The van der Waals surface area contributed by atoms with E-state index in [4.69, 9.17) is 9.47 Å². The summed E-state index contributed by atoms with van der Waals surface area (Å²) in [5.41, 5.74) is 1.92. The van der Waals surface area contributed by atoms with Gasteiger partial charge in [-0.05, 0) is 43.5 Å². The maximum Gasteiger partial charge on any atom is 0.340 e. The van der Waals surface area contributed by atoms with Gasteiger partial charge in [0.15, 0.2) is 11.5 Å². The molecule has 6 heteroatoms. The van der Waals surface area contributed by atoms with E-state index in [1.807, 2.05) is 0 Å². The van der Waals surface area contributed by atoms with Crippen molar-refractivity contribution in [2.75, 3.05) is 14.2 Å². The van der Waals surface area contributed by atoms with Crippen molar-refractivity contribution in [1.82, 2.24) is 4.90 Å². The number of esters is 1. The van der Waals surface area contributed by atoms with E-state index in [9.17, 15) is 14.7 Å². The molecule has 1 aromatic carbocycles. The molecule has 1 N–H and O–H groups in total. The van der Waals surface area contributed by atoms with Gasteiger partial charge < -0.3 is 19.5 Å². The largest absolute Gasteiger partial charge is 0.504 e. The Hall–Kier alpha value is -2.76. The van der Waals surface area contributed by atoms with Crippen LogP contribution in [-0.4, -0.2) is 42.1 Å². The first-order valence-electron chi connectivity index (χ1n) is 8.69. The maximum absolute atomic E-state index is 13.1. The summed E-state index contributed by atoms with van der Waals surface area (Å²) in [5.74, 6) is -0.382. The predicted molar refractivity (Wildman–Crippen MR) is 96.5 cm³/mol. The van der Waals surface area contributed by atoms with E-state index in [0.717, 1.165) is 25.7 Å². The normalized spacial score (nSPS) is 19.6. The highest BCUT2D eigenvalue weighted by Gasteiger charge is 2.41. The summed E-state index contributed by atoms with van der Waals surface area (Å²) in [4.78, 5) is 27.2. The van der Waals surface area contributed by atoms with Crippen LogP contribution in [0.3, 0.4) is 0 Å². The Morgan fingerprint density at radius 3 is 2.58 bits per heavy atom. The van der Waals surface area contributed by atoms with Gasteiger partial charge in [-0.25, -0.2) is 4.79 Å². The molecule has 0 aromatic heterocycles. The molecule has 0 atom stereocenters. The molecule has 26 heavy (non-hydrogen) atoms. The maximum atomic E-state index is 13.1. The molecule has 1 saturated carbocycles. The van der Waals surface area contributed by atoms with Crippen LogP contribution in [0.5, 0.6) is 11.5 Å². The van der Waals surface area contributed by atoms with Crippen molar-refractivity contribution < 1.29 is 24.2 Å². The third kappa shape index (κ3) is 3.07. The zero-order valence-corrected chi connectivity index (χ0v) is 15.2. The monoisotopic (exact) mass is 357 g/mol. The number of hydrogen-bond donors (Lipinski definition) is 1. The van der Waals surface area contributed by atoms with Gasteiger partial charge in [0.2, 0.25) is 0 Å². The molecule has 1 amide bonds. The summed E-state index contributed by atoms with van der Waals surface area (Å²) in [6.07, 6.45) is 5.71. The number of phenolic OH excluding ortho intramolecular Hbond substituents is 1. The molecular formula is C20H23NO5. The quantitative estimate of drug-likeness (QED) is 0.662. The number of rotatable bonds is 4. The van der Waals surface area contributed by atoms with Crippen LogP contribution in [0.1, 0.15) is 38.2 Å². The number of benzene rings is 1. The number of methoxy groups -OCH3 is 2. The zero-order valence-electron chi connectivity index (χ0n) is 15.2. The summed E-state index contributed by atoms with van der Waals surface area (Å²) in [6.45, 7) is 1.79. The summed E-state index contributed by atoms with van der Waals surface area (Å²) in [6, 6.07) is 4.91. The molecule has 0 radical (unpaired) electrons. The third-order valence-corrected chi connectivity index (χ3v) is 5.04. The fourth-order valence-electron chi connectivity index (χ4n) is 3.75. The number of phenols is 1. The number of nitrogens with zero attached hydrogens (tertiary/aromatic N) is 1. The summed E-state index contributed by atoms with van der Waals surface area (Å²) in [7, 11) is 2.77. The predicted octanol–water partition coefficient (Wildman–Crippen LogP) is 3.02. The fourth-order valence-corrected chi connectivity index (χ4v) is 3.75. The average Bonchev–Trinajstić information content (AvgIpc) is 3.23. The van der Waals surface area contributed by atoms with E-state index >= 15 is 0 Å². The Labute approximate surface area is 152 Å².